The Morgan fingerprint density at radius 3 is 2.79 bits per heavy atom. The molecule has 7 nitrogen and oxygen atoms in total. The van der Waals surface area contributed by atoms with E-state index in [2.05, 4.69) is 15.8 Å². The molecule has 0 saturated heterocycles. The first-order chi connectivity index (χ1) is 11.7. The topological polar surface area (TPSA) is 81.2 Å². The van der Waals surface area contributed by atoms with Gasteiger partial charge in [-0.3, -0.25) is 4.79 Å². The van der Waals surface area contributed by atoms with Crippen LogP contribution in [0.25, 0.3) is 0 Å². The molecule has 1 amide bonds. The zero-order valence-corrected chi connectivity index (χ0v) is 13.1. The molecule has 2 aromatic carbocycles. The van der Waals surface area contributed by atoms with Gasteiger partial charge in [0, 0.05) is 5.69 Å². The summed E-state index contributed by atoms with van der Waals surface area (Å²) in [7, 11) is 1.61. The van der Waals surface area contributed by atoms with Crippen molar-refractivity contribution in [1.82, 2.24) is 5.43 Å². The minimum absolute atomic E-state index is 0.116. The van der Waals surface area contributed by atoms with Crippen LogP contribution in [0, 0.1) is 0 Å². The van der Waals surface area contributed by atoms with Gasteiger partial charge in [0.25, 0.3) is 5.91 Å². The molecule has 2 N–H and O–H groups in total. The normalized spacial score (nSPS) is 12.2. The number of hydrogen-bond acceptors (Lipinski definition) is 6. The average molecular weight is 327 g/mol. The number of nitrogens with zero attached hydrogens (tertiary/aromatic N) is 1. The van der Waals surface area contributed by atoms with Gasteiger partial charge < -0.3 is 19.5 Å². The highest BCUT2D eigenvalue weighted by Gasteiger charge is 2.12. The Labute approximate surface area is 139 Å². The summed E-state index contributed by atoms with van der Waals surface area (Å²) in [6.07, 6.45) is 1.55. The van der Waals surface area contributed by atoms with Crippen molar-refractivity contribution in [2.75, 3.05) is 25.8 Å². The monoisotopic (exact) mass is 327 g/mol. The summed E-state index contributed by atoms with van der Waals surface area (Å²) in [5.41, 5.74) is 4.10. The Kier molecular flexibility index (Phi) is 4.81. The van der Waals surface area contributed by atoms with E-state index in [0.717, 1.165) is 17.0 Å². The lowest BCUT2D eigenvalue weighted by molar-refractivity contribution is -0.119. The highest BCUT2D eigenvalue weighted by molar-refractivity contribution is 5.84. The zero-order chi connectivity index (χ0) is 16.8. The van der Waals surface area contributed by atoms with Crippen molar-refractivity contribution in [3.05, 3.63) is 48.0 Å². The highest BCUT2D eigenvalue weighted by Crippen LogP contribution is 2.31. The number of benzene rings is 2. The SMILES string of the molecule is COc1ccc(NCC(=O)N/N=C\c2ccc3c(c2)OCO3)cc1. The number of hydrogen-bond donors (Lipinski definition) is 2. The van der Waals surface area contributed by atoms with E-state index in [-0.39, 0.29) is 19.2 Å². The fraction of sp³-hybridized carbons (Fsp3) is 0.176. The van der Waals surface area contributed by atoms with Gasteiger partial charge in [-0.25, -0.2) is 5.43 Å². The quantitative estimate of drug-likeness (QED) is 0.626. The molecular weight excluding hydrogens is 310 g/mol. The van der Waals surface area contributed by atoms with Crippen LogP contribution in [-0.4, -0.2) is 32.6 Å². The van der Waals surface area contributed by atoms with E-state index in [1.165, 1.54) is 0 Å². The fourth-order valence-corrected chi connectivity index (χ4v) is 2.10. The molecule has 0 bridgehead atoms. The third-order valence-corrected chi connectivity index (χ3v) is 3.34. The summed E-state index contributed by atoms with van der Waals surface area (Å²) >= 11 is 0. The van der Waals surface area contributed by atoms with Crippen LogP contribution in [0.2, 0.25) is 0 Å². The molecule has 3 rings (SSSR count). The van der Waals surface area contributed by atoms with E-state index >= 15 is 0 Å². The molecule has 0 aromatic heterocycles. The van der Waals surface area contributed by atoms with Crippen LogP contribution in [0.5, 0.6) is 17.2 Å². The molecule has 0 radical (unpaired) electrons. The molecule has 124 valence electrons. The van der Waals surface area contributed by atoms with Crippen molar-refractivity contribution >= 4 is 17.8 Å². The van der Waals surface area contributed by atoms with Gasteiger partial charge in [0.1, 0.15) is 5.75 Å². The van der Waals surface area contributed by atoms with Crippen molar-refractivity contribution < 1.29 is 19.0 Å². The van der Waals surface area contributed by atoms with Gasteiger partial charge in [-0.1, -0.05) is 0 Å². The van der Waals surface area contributed by atoms with E-state index < -0.39 is 0 Å². The Hall–Kier alpha value is -3.22. The van der Waals surface area contributed by atoms with E-state index in [4.69, 9.17) is 14.2 Å². The molecule has 7 heteroatoms. The van der Waals surface area contributed by atoms with Gasteiger partial charge in [-0.2, -0.15) is 5.10 Å². The standard InChI is InChI=1S/C17H17N3O4/c1-22-14-5-3-13(4-6-14)18-10-17(21)20-19-9-12-2-7-15-16(8-12)24-11-23-15/h2-9,18H,10-11H2,1H3,(H,20,21)/b19-9-. The summed E-state index contributed by atoms with van der Waals surface area (Å²) in [6.45, 7) is 0.342. The van der Waals surface area contributed by atoms with Gasteiger partial charge in [0.2, 0.25) is 6.79 Å². The highest BCUT2D eigenvalue weighted by atomic mass is 16.7. The van der Waals surface area contributed by atoms with Crippen molar-refractivity contribution in [3.8, 4) is 17.2 Å². The largest absolute Gasteiger partial charge is 0.497 e. The Balaban J connectivity index is 1.46. The number of methoxy groups -OCH3 is 1. The van der Waals surface area contributed by atoms with Crippen LogP contribution in [0.15, 0.2) is 47.6 Å². The van der Waals surface area contributed by atoms with Crippen LogP contribution in [-0.2, 0) is 4.79 Å². The third-order valence-electron chi connectivity index (χ3n) is 3.34. The smallest absolute Gasteiger partial charge is 0.259 e. The number of anilines is 1. The molecule has 0 fully saturated rings. The number of carbonyl (C=O) groups is 1. The van der Waals surface area contributed by atoms with Gasteiger partial charge in [0.05, 0.1) is 19.9 Å². The van der Waals surface area contributed by atoms with Crippen molar-refractivity contribution in [2.24, 2.45) is 5.10 Å². The van der Waals surface area contributed by atoms with Crippen molar-refractivity contribution in [1.29, 1.82) is 0 Å². The number of carbonyl (C=O) groups excluding carboxylic acids is 1. The third kappa shape index (κ3) is 3.95. The summed E-state index contributed by atoms with van der Waals surface area (Å²) in [6, 6.07) is 12.7. The van der Waals surface area contributed by atoms with Crippen LogP contribution >= 0.6 is 0 Å². The van der Waals surface area contributed by atoms with Gasteiger partial charge in [-0.15, -0.1) is 0 Å². The maximum absolute atomic E-state index is 11.8. The zero-order valence-electron chi connectivity index (χ0n) is 13.1. The van der Waals surface area contributed by atoms with Crippen LogP contribution < -0.4 is 25.0 Å². The van der Waals surface area contributed by atoms with E-state index in [9.17, 15) is 4.79 Å². The van der Waals surface area contributed by atoms with E-state index in [0.29, 0.717) is 11.5 Å². The fourth-order valence-electron chi connectivity index (χ4n) is 2.10. The molecule has 0 atom stereocenters. The maximum Gasteiger partial charge on any atom is 0.259 e. The minimum atomic E-state index is -0.247. The van der Waals surface area contributed by atoms with Crippen LogP contribution in [0.1, 0.15) is 5.56 Å². The average Bonchev–Trinajstić information content (AvgIpc) is 3.08. The first-order valence-corrected chi connectivity index (χ1v) is 7.34. The summed E-state index contributed by atoms with van der Waals surface area (Å²) in [5.74, 6) is 1.90. The minimum Gasteiger partial charge on any atom is -0.497 e. The number of hydrazone groups is 1. The molecule has 1 heterocycles. The lowest BCUT2D eigenvalue weighted by atomic mass is 10.2. The maximum atomic E-state index is 11.8. The predicted molar refractivity (Wildman–Crippen MR) is 89.8 cm³/mol. The van der Waals surface area contributed by atoms with Crippen molar-refractivity contribution in [3.63, 3.8) is 0 Å². The number of ether oxygens (including phenoxy) is 3. The number of nitrogens with one attached hydrogen (secondary N) is 2. The molecule has 0 spiro atoms. The lowest BCUT2D eigenvalue weighted by Gasteiger charge is -2.06. The van der Waals surface area contributed by atoms with E-state index in [1.54, 1.807) is 25.5 Å². The number of fused-ring (bicyclic) bond motifs is 1. The Bertz CT molecular complexity index is 744. The molecule has 1 aliphatic heterocycles. The number of amides is 1. The second-order valence-corrected chi connectivity index (χ2v) is 4.99. The number of rotatable bonds is 6. The molecule has 1 aliphatic rings. The lowest BCUT2D eigenvalue weighted by Crippen LogP contribution is -2.25. The molecular formula is C17H17N3O4. The van der Waals surface area contributed by atoms with Gasteiger partial charge in [0.15, 0.2) is 11.5 Å². The summed E-state index contributed by atoms with van der Waals surface area (Å²) in [5, 5.41) is 6.93. The molecule has 24 heavy (non-hydrogen) atoms. The van der Waals surface area contributed by atoms with E-state index in [1.807, 2.05) is 30.3 Å². The summed E-state index contributed by atoms with van der Waals surface area (Å²) < 4.78 is 15.6. The molecule has 0 aliphatic carbocycles. The van der Waals surface area contributed by atoms with Crippen LogP contribution in [0.3, 0.4) is 0 Å². The first-order valence-electron chi connectivity index (χ1n) is 7.34. The van der Waals surface area contributed by atoms with Crippen LogP contribution in [0.4, 0.5) is 5.69 Å². The first kappa shape index (κ1) is 15.7. The molecule has 0 saturated carbocycles. The van der Waals surface area contributed by atoms with Gasteiger partial charge in [-0.05, 0) is 48.0 Å². The second kappa shape index (κ2) is 7.36. The Morgan fingerprint density at radius 2 is 2.00 bits per heavy atom. The van der Waals surface area contributed by atoms with Gasteiger partial charge >= 0.3 is 0 Å². The molecule has 0 unspecified atom stereocenters. The Morgan fingerprint density at radius 1 is 1.21 bits per heavy atom. The predicted octanol–water partition coefficient (Wildman–Crippen LogP) is 1.99. The second-order valence-electron chi connectivity index (χ2n) is 4.99. The molecule has 2 aromatic rings. The van der Waals surface area contributed by atoms with Crippen molar-refractivity contribution in [2.45, 2.75) is 0 Å². The summed E-state index contributed by atoms with van der Waals surface area (Å²) in [4.78, 5) is 11.8.